The van der Waals surface area contributed by atoms with Crippen LogP contribution in [0.5, 0.6) is 0 Å². The first-order chi connectivity index (χ1) is 9.79. The third-order valence-corrected chi connectivity index (χ3v) is 5.05. The molecule has 1 N–H and O–H groups in total. The zero-order chi connectivity index (χ0) is 13.9. The van der Waals surface area contributed by atoms with Crippen molar-refractivity contribution >= 4 is 11.8 Å². The Morgan fingerprint density at radius 2 is 1.90 bits per heavy atom. The molecule has 0 radical (unpaired) electrons. The maximum Gasteiger partial charge on any atom is 0.136 e. The lowest BCUT2D eigenvalue weighted by Crippen LogP contribution is -2.26. The van der Waals surface area contributed by atoms with E-state index in [4.69, 9.17) is 0 Å². The van der Waals surface area contributed by atoms with Gasteiger partial charge in [0.1, 0.15) is 5.82 Å². The fourth-order valence-corrected chi connectivity index (χ4v) is 4.14. The second-order valence-corrected chi connectivity index (χ2v) is 6.31. The van der Waals surface area contributed by atoms with Gasteiger partial charge in [0.15, 0.2) is 0 Å². The van der Waals surface area contributed by atoms with Gasteiger partial charge in [0, 0.05) is 16.2 Å². The van der Waals surface area contributed by atoms with Crippen LogP contribution in [0.2, 0.25) is 0 Å². The third-order valence-electron chi connectivity index (χ3n) is 3.72. The van der Waals surface area contributed by atoms with Crippen molar-refractivity contribution in [1.29, 1.82) is 0 Å². The maximum atomic E-state index is 13.8. The molecule has 0 saturated heterocycles. The lowest BCUT2D eigenvalue weighted by atomic mass is 10.1. The molecular formula is C17H18FNS. The van der Waals surface area contributed by atoms with Crippen LogP contribution in [0.25, 0.3) is 0 Å². The molecule has 1 nitrogen and oxygen atoms in total. The number of rotatable bonds is 4. The molecule has 20 heavy (non-hydrogen) atoms. The van der Waals surface area contributed by atoms with Gasteiger partial charge in [0.2, 0.25) is 0 Å². The molecule has 2 atom stereocenters. The van der Waals surface area contributed by atoms with Crippen molar-refractivity contribution < 1.29 is 4.39 Å². The Bertz CT molecular complexity index is 599. The van der Waals surface area contributed by atoms with Crippen LogP contribution >= 0.6 is 11.8 Å². The molecule has 2 aromatic rings. The Morgan fingerprint density at radius 3 is 2.70 bits per heavy atom. The van der Waals surface area contributed by atoms with E-state index < -0.39 is 0 Å². The topological polar surface area (TPSA) is 12.0 Å². The summed E-state index contributed by atoms with van der Waals surface area (Å²) in [4.78, 5) is 0.744. The maximum absolute atomic E-state index is 13.8. The van der Waals surface area contributed by atoms with Crippen LogP contribution in [0.15, 0.2) is 53.4 Å². The van der Waals surface area contributed by atoms with E-state index in [1.165, 1.54) is 17.2 Å². The summed E-state index contributed by atoms with van der Waals surface area (Å²) in [6.45, 7) is 3.04. The molecule has 3 heteroatoms. The minimum Gasteiger partial charge on any atom is -0.309 e. The molecule has 0 saturated carbocycles. The van der Waals surface area contributed by atoms with Gasteiger partial charge >= 0.3 is 0 Å². The normalized spacial score (nSPS) is 20.9. The SMILES string of the molecule is CCNC1c2ccccc2CC1Sc1ccccc1F. The molecule has 1 aliphatic rings. The average molecular weight is 287 g/mol. The molecule has 1 aliphatic carbocycles. The van der Waals surface area contributed by atoms with Crippen molar-refractivity contribution in [3.63, 3.8) is 0 Å². The Balaban J connectivity index is 1.85. The number of hydrogen-bond donors (Lipinski definition) is 1. The Kier molecular flexibility index (Phi) is 4.08. The second-order valence-electron chi connectivity index (χ2n) is 5.03. The number of thioether (sulfide) groups is 1. The molecule has 104 valence electrons. The molecule has 0 amide bonds. The van der Waals surface area contributed by atoms with Crippen molar-refractivity contribution in [3.05, 3.63) is 65.5 Å². The van der Waals surface area contributed by atoms with Gasteiger partial charge in [-0.1, -0.05) is 43.3 Å². The molecule has 0 heterocycles. The summed E-state index contributed by atoms with van der Waals surface area (Å²) in [5, 5.41) is 3.90. The van der Waals surface area contributed by atoms with Crippen molar-refractivity contribution in [1.82, 2.24) is 5.32 Å². The van der Waals surface area contributed by atoms with Crippen LogP contribution in [0.3, 0.4) is 0 Å². The zero-order valence-corrected chi connectivity index (χ0v) is 12.3. The van der Waals surface area contributed by atoms with E-state index in [1.807, 2.05) is 12.1 Å². The van der Waals surface area contributed by atoms with Crippen LogP contribution in [0.1, 0.15) is 24.1 Å². The molecule has 2 aromatic carbocycles. The molecule has 0 spiro atoms. The van der Waals surface area contributed by atoms with E-state index in [9.17, 15) is 4.39 Å². The lowest BCUT2D eigenvalue weighted by molar-refractivity contribution is 0.557. The Hall–Kier alpha value is -1.32. The van der Waals surface area contributed by atoms with E-state index in [2.05, 4.69) is 36.5 Å². The van der Waals surface area contributed by atoms with Crippen LogP contribution in [-0.4, -0.2) is 11.8 Å². The first-order valence-electron chi connectivity index (χ1n) is 7.02. The van der Waals surface area contributed by atoms with Crippen LogP contribution in [0.4, 0.5) is 4.39 Å². The van der Waals surface area contributed by atoms with Gasteiger partial charge in [0.25, 0.3) is 0 Å². The molecular weight excluding hydrogens is 269 g/mol. The summed E-state index contributed by atoms with van der Waals surface area (Å²) in [5.41, 5.74) is 2.75. The number of benzene rings is 2. The summed E-state index contributed by atoms with van der Waals surface area (Å²) in [5.74, 6) is -0.122. The second kappa shape index (κ2) is 5.98. The van der Waals surface area contributed by atoms with Crippen molar-refractivity contribution in [3.8, 4) is 0 Å². The van der Waals surface area contributed by atoms with Gasteiger partial charge in [-0.3, -0.25) is 0 Å². The minimum absolute atomic E-state index is 0.122. The Morgan fingerprint density at radius 1 is 1.15 bits per heavy atom. The smallest absolute Gasteiger partial charge is 0.136 e. The fourth-order valence-electron chi connectivity index (χ4n) is 2.83. The average Bonchev–Trinajstić information content (AvgIpc) is 2.80. The molecule has 0 aliphatic heterocycles. The summed E-state index contributed by atoms with van der Waals surface area (Å²) in [6, 6.07) is 15.9. The van der Waals surface area contributed by atoms with Crippen molar-refractivity contribution in [2.24, 2.45) is 0 Å². The molecule has 3 rings (SSSR count). The monoisotopic (exact) mass is 287 g/mol. The standard InChI is InChI=1S/C17H18FNS/c1-2-19-17-13-8-4-3-7-12(13)11-16(17)20-15-10-6-5-9-14(15)18/h3-10,16-17,19H,2,11H2,1H3. The van der Waals surface area contributed by atoms with Crippen LogP contribution in [-0.2, 0) is 6.42 Å². The van der Waals surface area contributed by atoms with E-state index in [0.717, 1.165) is 17.9 Å². The first-order valence-corrected chi connectivity index (χ1v) is 7.90. The molecule has 0 bridgehead atoms. The highest BCUT2D eigenvalue weighted by Crippen LogP contribution is 2.41. The van der Waals surface area contributed by atoms with E-state index in [1.54, 1.807) is 17.8 Å². The summed E-state index contributed by atoms with van der Waals surface area (Å²) < 4.78 is 13.8. The van der Waals surface area contributed by atoms with Crippen LogP contribution in [0, 0.1) is 5.82 Å². The van der Waals surface area contributed by atoms with Gasteiger partial charge in [-0.2, -0.15) is 0 Å². The van der Waals surface area contributed by atoms with E-state index >= 15 is 0 Å². The number of hydrogen-bond acceptors (Lipinski definition) is 2. The fraction of sp³-hybridized carbons (Fsp3) is 0.294. The van der Waals surface area contributed by atoms with Crippen LogP contribution < -0.4 is 5.32 Å². The van der Waals surface area contributed by atoms with Crippen molar-refractivity contribution in [2.75, 3.05) is 6.54 Å². The number of nitrogens with one attached hydrogen (secondary N) is 1. The summed E-state index contributed by atoms with van der Waals surface area (Å²) >= 11 is 1.64. The highest BCUT2D eigenvalue weighted by molar-refractivity contribution is 8.00. The molecule has 0 aromatic heterocycles. The minimum atomic E-state index is -0.122. The number of halogens is 1. The predicted molar refractivity (Wildman–Crippen MR) is 82.6 cm³/mol. The highest BCUT2D eigenvalue weighted by atomic mass is 32.2. The van der Waals surface area contributed by atoms with Gasteiger partial charge < -0.3 is 5.32 Å². The predicted octanol–water partition coefficient (Wildman–Crippen LogP) is 4.19. The van der Waals surface area contributed by atoms with Gasteiger partial charge in [0.05, 0.1) is 0 Å². The highest BCUT2D eigenvalue weighted by Gasteiger charge is 2.32. The summed E-state index contributed by atoms with van der Waals surface area (Å²) in [6.07, 6.45) is 0.993. The quantitative estimate of drug-likeness (QED) is 0.904. The lowest BCUT2D eigenvalue weighted by Gasteiger charge is -2.21. The van der Waals surface area contributed by atoms with Gasteiger partial charge in [-0.25, -0.2) is 4.39 Å². The third kappa shape index (κ3) is 2.60. The molecule has 2 unspecified atom stereocenters. The van der Waals surface area contributed by atoms with Gasteiger partial charge in [-0.05, 0) is 36.2 Å². The first kappa shape index (κ1) is 13.7. The van der Waals surface area contributed by atoms with Crippen molar-refractivity contribution in [2.45, 2.75) is 29.5 Å². The number of fused-ring (bicyclic) bond motifs is 1. The summed E-state index contributed by atoms with van der Waals surface area (Å²) in [7, 11) is 0. The van der Waals surface area contributed by atoms with Gasteiger partial charge in [-0.15, -0.1) is 11.8 Å². The largest absolute Gasteiger partial charge is 0.309 e. The van der Waals surface area contributed by atoms with E-state index in [0.29, 0.717) is 11.3 Å². The molecule has 0 fully saturated rings. The zero-order valence-electron chi connectivity index (χ0n) is 11.5. The van der Waals surface area contributed by atoms with E-state index in [-0.39, 0.29) is 5.82 Å². The Labute approximate surface area is 123 Å².